The van der Waals surface area contributed by atoms with Crippen molar-refractivity contribution in [3.63, 3.8) is 0 Å². The number of aromatic nitrogens is 11. The lowest BCUT2D eigenvalue weighted by Gasteiger charge is -2.40. The van der Waals surface area contributed by atoms with Crippen molar-refractivity contribution in [1.82, 2.24) is 68.4 Å². The van der Waals surface area contributed by atoms with Crippen LogP contribution in [0.2, 0.25) is 0 Å². The van der Waals surface area contributed by atoms with Crippen LogP contribution in [-0.4, -0.2) is 130 Å². The summed E-state index contributed by atoms with van der Waals surface area (Å²) in [5.74, 6) is 4.00. The Balaban J connectivity index is 0.000000164. The second-order valence-corrected chi connectivity index (χ2v) is 30.2. The normalized spacial score (nSPS) is 14.3. The maximum Gasteiger partial charge on any atom is 0.369 e. The van der Waals surface area contributed by atoms with Crippen molar-refractivity contribution < 1.29 is 50.6 Å². The summed E-state index contributed by atoms with van der Waals surface area (Å²) in [7, 11) is 13.7. The van der Waals surface area contributed by atoms with Crippen molar-refractivity contribution in [2.75, 3.05) is 54.0 Å². The van der Waals surface area contributed by atoms with Gasteiger partial charge in [0.2, 0.25) is 21.0 Å². The van der Waals surface area contributed by atoms with E-state index in [1.165, 1.54) is 55.6 Å². The van der Waals surface area contributed by atoms with E-state index in [9.17, 15) is 22.7 Å². The van der Waals surface area contributed by atoms with Gasteiger partial charge in [-0.25, -0.2) is 51.7 Å². The van der Waals surface area contributed by atoms with Gasteiger partial charge in [0, 0.05) is 126 Å². The number of aliphatic hydroxyl groups excluding tert-OH is 1. The fraction of sp³-hybridized carbons (Fsp3) is 0.203. The van der Waals surface area contributed by atoms with Crippen LogP contribution in [0.1, 0.15) is 35.2 Å². The number of benzene rings is 4. The zero-order valence-electron chi connectivity index (χ0n) is 52.8. The van der Waals surface area contributed by atoms with Gasteiger partial charge in [-0.2, -0.15) is 9.90 Å². The van der Waals surface area contributed by atoms with Crippen LogP contribution in [0.25, 0.3) is 69.0 Å². The van der Waals surface area contributed by atoms with Gasteiger partial charge in [0.1, 0.15) is 69.5 Å². The molecule has 11 aromatic rings. The van der Waals surface area contributed by atoms with Crippen LogP contribution in [0.3, 0.4) is 0 Å². The SMILES string of the molecule is BrB(Br)Br.COC1NC(CCl)=Cn2c1cnc2-c1ccc(F)cc1.COC1NC(CN2CC(Oc3ccncc3)C2)=Cn2c1cnc2-c1ccc(F)cc1.COc1nc(CCl)cn2c(-c3ccc(F)cc3)ncc12.COc1nc(CO)cn2c(-c3ccc(F)cc3)ncc12.O=S(Cl)Cl.P. The Labute approximate surface area is 616 Å². The molecule has 0 amide bonds. The first-order chi connectivity index (χ1) is 47.3. The summed E-state index contributed by atoms with van der Waals surface area (Å²) in [5.41, 5.74) is 9.47. The van der Waals surface area contributed by atoms with Gasteiger partial charge >= 0.3 is 3.18 Å². The van der Waals surface area contributed by atoms with Crippen LogP contribution in [-0.2, 0) is 31.2 Å². The first kappa shape index (κ1) is 77.7. The summed E-state index contributed by atoms with van der Waals surface area (Å²) in [6, 6.07) is 28.5. The van der Waals surface area contributed by atoms with E-state index < -0.39 is 9.23 Å². The van der Waals surface area contributed by atoms with Crippen LogP contribution in [0.5, 0.6) is 17.5 Å². The van der Waals surface area contributed by atoms with Crippen molar-refractivity contribution in [2.45, 2.75) is 31.0 Å². The molecule has 3 aliphatic rings. The molecule has 0 aliphatic carbocycles. The first-order valence-electron chi connectivity index (χ1n) is 29.0. The molecule has 1 saturated heterocycles. The Kier molecular flexibility index (Phi) is 29.5. The van der Waals surface area contributed by atoms with Crippen molar-refractivity contribution in [1.29, 1.82) is 0 Å². The lowest BCUT2D eigenvalue weighted by Crippen LogP contribution is -2.55. The maximum absolute atomic E-state index is 13.3. The number of allylic oxidation sites excluding steroid dienone is 1. The fourth-order valence-electron chi connectivity index (χ4n) is 10.1. The first-order valence-corrected chi connectivity index (χ1v) is 35.6. The highest BCUT2D eigenvalue weighted by atomic mass is 79.9. The number of ether oxygens (including phenoxy) is 5. The van der Waals surface area contributed by atoms with Gasteiger partial charge in [-0.05, 0) is 109 Å². The van der Waals surface area contributed by atoms with Crippen LogP contribution in [0.15, 0.2) is 170 Å². The molecular weight excluding hydrogens is 1610 g/mol. The summed E-state index contributed by atoms with van der Waals surface area (Å²) < 4.78 is 96.6. The molecule has 14 rings (SSSR count). The van der Waals surface area contributed by atoms with Gasteiger partial charge in [0.25, 0.3) is 0 Å². The summed E-state index contributed by atoms with van der Waals surface area (Å²) in [6.45, 7) is 2.24. The highest BCUT2D eigenvalue weighted by Crippen LogP contribution is 2.33. The van der Waals surface area contributed by atoms with Crippen molar-refractivity contribution >= 4 is 138 Å². The van der Waals surface area contributed by atoms with E-state index in [2.05, 4.69) is 119 Å². The summed E-state index contributed by atoms with van der Waals surface area (Å²) in [6.07, 6.45) is 17.3. The number of likely N-dealkylation sites (tertiary alicyclic amines) is 1. The number of hydrogen-bond acceptors (Lipinski definition) is 17. The number of halogens is 11. The molecule has 3 atom stereocenters. The van der Waals surface area contributed by atoms with Crippen molar-refractivity contribution in [3.05, 3.63) is 216 Å². The number of aliphatic hydroxyl groups is 1. The molecule has 0 spiro atoms. The number of pyridine rings is 1. The molecular formula is C64H61BBr3Cl4F4N14O7PS. The van der Waals surface area contributed by atoms with E-state index >= 15 is 0 Å². The zero-order valence-corrected chi connectivity index (χ0v) is 62.8. The van der Waals surface area contributed by atoms with E-state index in [1.807, 2.05) is 38.1 Å². The molecule has 21 nitrogen and oxygen atoms in total. The molecule has 10 heterocycles. The number of imidazole rings is 4. The molecule has 520 valence electrons. The fourth-order valence-corrected chi connectivity index (χ4v) is 10.4. The summed E-state index contributed by atoms with van der Waals surface area (Å²) in [5, 5.41) is 15.8. The molecule has 99 heavy (non-hydrogen) atoms. The van der Waals surface area contributed by atoms with Crippen molar-refractivity contribution in [2.24, 2.45) is 0 Å². The number of rotatable bonds is 15. The second-order valence-electron chi connectivity index (χ2n) is 20.7. The molecule has 3 aliphatic heterocycles. The molecule has 0 saturated carbocycles. The minimum Gasteiger partial charge on any atom is -0.488 e. The van der Waals surface area contributed by atoms with E-state index in [4.69, 9.17) is 51.1 Å². The minimum atomic E-state index is -1.67. The predicted octanol–water partition coefficient (Wildman–Crippen LogP) is 14.4. The lowest BCUT2D eigenvalue weighted by molar-refractivity contribution is 0.0210. The monoisotopic (exact) mass is 1660 g/mol. The number of methoxy groups -OCH3 is 4. The molecule has 4 aromatic carbocycles. The maximum atomic E-state index is 13.3. The molecule has 0 radical (unpaired) electrons. The number of fused-ring (bicyclic) bond motifs is 4. The molecule has 3 unspecified atom stereocenters. The summed E-state index contributed by atoms with van der Waals surface area (Å²) >= 11 is 21.0. The Morgan fingerprint density at radius 2 is 0.949 bits per heavy atom. The van der Waals surface area contributed by atoms with Crippen LogP contribution < -0.4 is 24.8 Å². The van der Waals surface area contributed by atoms with Gasteiger partial charge in [0.05, 0.1) is 80.1 Å². The van der Waals surface area contributed by atoms with Gasteiger partial charge in [-0.3, -0.25) is 27.8 Å². The van der Waals surface area contributed by atoms with Crippen LogP contribution >= 0.6 is 102 Å². The van der Waals surface area contributed by atoms with Gasteiger partial charge in [0.15, 0.2) is 12.5 Å². The smallest absolute Gasteiger partial charge is 0.369 e. The predicted molar refractivity (Wildman–Crippen MR) is 394 cm³/mol. The Bertz CT molecular complexity index is 4380. The largest absolute Gasteiger partial charge is 0.488 e. The molecule has 0 bridgehead atoms. The molecule has 3 N–H and O–H groups in total. The number of hydrogen-bond donors (Lipinski definition) is 3. The van der Waals surface area contributed by atoms with E-state index in [1.54, 1.807) is 124 Å². The molecule has 7 aromatic heterocycles. The van der Waals surface area contributed by atoms with Gasteiger partial charge < -0.3 is 39.4 Å². The number of nitrogens with one attached hydrogen (secondary N) is 2. The van der Waals surface area contributed by atoms with Gasteiger partial charge in [-0.1, -0.05) is 0 Å². The van der Waals surface area contributed by atoms with E-state index in [0.29, 0.717) is 46.2 Å². The Morgan fingerprint density at radius 1 is 0.576 bits per heavy atom. The Morgan fingerprint density at radius 3 is 1.33 bits per heavy atom. The third-order valence-electron chi connectivity index (χ3n) is 14.5. The standard InChI is InChI=1S/C22H22FN5O2.C14H13ClFN3O.C14H11ClFN3O.C14H12FN3O2.BBr3.Cl2OS.H3P/c1-29-22-20-10-25-21(15-2-4-16(23)5-3-15)28(20)12-17(26-22)11-27-13-19(14-27)30-18-6-8-24-9-7-18;2*1-20-14-12-7-17-13(9-2-4-10(16)5-3-9)19(12)8-11(6-15)18-14;1-20-14-12-6-16-13(9-2-4-10(15)5-3-9)18(12)7-11(8-19)17-14;2-1(3)4;1-4(2)3;/h2-10,12,19,22,26H,11,13-14H2,1H3;2-5,7-8,14,18H,6H2,1H3;2-5,7-8H,6H2,1H3;2-7,19H,8H2,1H3;;;1H3. The third kappa shape index (κ3) is 20.6. The summed E-state index contributed by atoms with van der Waals surface area (Å²) in [4.78, 5) is 32.4. The number of alkyl halides is 2. The molecule has 35 heteroatoms. The number of nitrogens with zero attached hydrogens (tertiary/aromatic N) is 12. The van der Waals surface area contributed by atoms with Crippen molar-refractivity contribution in [3.8, 4) is 63.1 Å². The van der Waals surface area contributed by atoms with Gasteiger partial charge in [-0.15, -0.1) is 70.5 Å². The second kappa shape index (κ2) is 37.6. The van der Waals surface area contributed by atoms with E-state index in [0.717, 1.165) is 87.6 Å². The zero-order chi connectivity index (χ0) is 70.0. The Hall–Kier alpha value is -7.03. The minimum absolute atomic E-state index is 0. The van der Waals surface area contributed by atoms with E-state index in [-0.39, 0.29) is 67.4 Å². The quantitative estimate of drug-likeness (QED) is 0.0286. The highest BCUT2D eigenvalue weighted by Gasteiger charge is 2.32. The topological polar surface area (TPSA) is 220 Å². The molecule has 1 fully saturated rings. The average molecular weight is 1670 g/mol. The third-order valence-corrected chi connectivity index (χ3v) is 15.0. The average Bonchev–Trinajstić information content (AvgIpc) is 1.68. The van der Waals surface area contributed by atoms with Crippen LogP contribution in [0, 0.1) is 23.3 Å². The highest BCUT2D eigenvalue weighted by molar-refractivity contribution is 9.69. The van der Waals surface area contributed by atoms with Crippen LogP contribution in [0.4, 0.5) is 17.6 Å². The lowest BCUT2D eigenvalue weighted by atomic mass is 10.1.